The van der Waals surface area contributed by atoms with Gasteiger partial charge in [0.1, 0.15) is 0 Å². The maximum absolute atomic E-state index is 2.41. The smallest absolute Gasteiger partial charge is 0.0351 e. The van der Waals surface area contributed by atoms with Gasteiger partial charge in [-0.1, -0.05) is 90.2 Å². The molecule has 0 aliphatic rings. The van der Waals surface area contributed by atoms with E-state index in [0.717, 1.165) is 0 Å². The van der Waals surface area contributed by atoms with Crippen molar-refractivity contribution >= 4 is 0 Å². The third-order valence-electron chi connectivity index (χ3n) is 3.62. The fraction of sp³-hybridized carbons (Fsp3) is 0.889. The standard InChI is InChI=1S/C18H36/c1-3-5-7-9-11-13-15-17-18-16-14-12-10-8-6-4-2/h13,15H,3-12,14,16-18H2,1-2H3/b15-13+. The minimum absolute atomic E-state index is 1.30. The summed E-state index contributed by atoms with van der Waals surface area (Å²) in [5, 5.41) is 0. The van der Waals surface area contributed by atoms with Crippen LogP contribution in [-0.2, 0) is 0 Å². The summed E-state index contributed by atoms with van der Waals surface area (Å²) in [6, 6.07) is 0. The van der Waals surface area contributed by atoms with E-state index in [1.165, 1.54) is 89.9 Å². The van der Waals surface area contributed by atoms with E-state index in [4.69, 9.17) is 0 Å². The molecule has 0 bridgehead atoms. The molecule has 0 aromatic heterocycles. The Morgan fingerprint density at radius 3 is 1.22 bits per heavy atom. The summed E-state index contributed by atoms with van der Waals surface area (Å²) in [7, 11) is 0. The molecule has 0 aliphatic heterocycles. The molecule has 0 aromatic carbocycles. The molecule has 0 spiro atoms. The van der Waals surface area contributed by atoms with Crippen LogP contribution < -0.4 is 0 Å². The predicted octanol–water partition coefficient (Wildman–Crippen LogP) is 7.04. The Hall–Kier alpha value is -0.260. The van der Waals surface area contributed by atoms with E-state index < -0.39 is 0 Å². The van der Waals surface area contributed by atoms with Gasteiger partial charge >= 0.3 is 0 Å². The lowest BCUT2D eigenvalue weighted by molar-refractivity contribution is 0.577. The third-order valence-corrected chi connectivity index (χ3v) is 3.62. The largest absolute Gasteiger partial charge is 0.0885 e. The van der Waals surface area contributed by atoms with Crippen LogP contribution in [0.5, 0.6) is 0 Å². The number of hydrogen-bond acceptors (Lipinski definition) is 0. The first-order valence-corrected chi connectivity index (χ1v) is 8.56. The van der Waals surface area contributed by atoms with Gasteiger partial charge in [0.15, 0.2) is 0 Å². The highest BCUT2D eigenvalue weighted by atomic mass is 14.0. The van der Waals surface area contributed by atoms with Crippen LogP contribution in [0.1, 0.15) is 104 Å². The van der Waals surface area contributed by atoms with Crippen LogP contribution in [0.15, 0.2) is 12.2 Å². The summed E-state index contributed by atoms with van der Waals surface area (Å²) in [6.07, 6.45) is 24.4. The van der Waals surface area contributed by atoms with Crippen molar-refractivity contribution in [2.75, 3.05) is 0 Å². The van der Waals surface area contributed by atoms with Gasteiger partial charge < -0.3 is 0 Å². The molecule has 0 heteroatoms. The first-order chi connectivity index (χ1) is 8.91. The highest BCUT2D eigenvalue weighted by Crippen LogP contribution is 2.10. The molecule has 0 N–H and O–H groups in total. The molecule has 0 heterocycles. The average Bonchev–Trinajstić information content (AvgIpc) is 2.39. The Labute approximate surface area is 116 Å². The molecule has 0 atom stereocenters. The van der Waals surface area contributed by atoms with Crippen molar-refractivity contribution in [2.24, 2.45) is 0 Å². The molecule has 0 amide bonds. The van der Waals surface area contributed by atoms with Crippen LogP contribution in [0.4, 0.5) is 0 Å². The Bertz CT molecular complexity index is 157. The van der Waals surface area contributed by atoms with Crippen LogP contribution >= 0.6 is 0 Å². The Kier molecular flexibility index (Phi) is 16.5. The molecule has 18 heavy (non-hydrogen) atoms. The molecule has 0 fully saturated rings. The first kappa shape index (κ1) is 17.7. The van der Waals surface area contributed by atoms with Gasteiger partial charge in [0.2, 0.25) is 0 Å². The van der Waals surface area contributed by atoms with E-state index in [2.05, 4.69) is 26.0 Å². The second-order valence-electron chi connectivity index (χ2n) is 5.58. The fourth-order valence-electron chi connectivity index (χ4n) is 2.32. The number of unbranched alkanes of at least 4 members (excludes halogenated alkanes) is 12. The lowest BCUT2D eigenvalue weighted by atomic mass is 10.1. The zero-order valence-electron chi connectivity index (χ0n) is 13.1. The van der Waals surface area contributed by atoms with Crippen molar-refractivity contribution in [3.05, 3.63) is 12.2 Å². The molecule has 0 radical (unpaired) electrons. The third kappa shape index (κ3) is 15.7. The van der Waals surface area contributed by atoms with Gasteiger partial charge in [0, 0.05) is 0 Å². The monoisotopic (exact) mass is 252 g/mol. The van der Waals surface area contributed by atoms with Crippen molar-refractivity contribution in [2.45, 2.75) is 104 Å². The van der Waals surface area contributed by atoms with E-state index in [-0.39, 0.29) is 0 Å². The Balaban J connectivity index is 2.99. The van der Waals surface area contributed by atoms with Crippen molar-refractivity contribution in [3.8, 4) is 0 Å². The van der Waals surface area contributed by atoms with Crippen LogP contribution in [0.3, 0.4) is 0 Å². The maximum atomic E-state index is 2.41. The summed E-state index contributed by atoms with van der Waals surface area (Å²) in [5.74, 6) is 0. The molecule has 0 aromatic rings. The van der Waals surface area contributed by atoms with Gasteiger partial charge in [-0.3, -0.25) is 0 Å². The van der Waals surface area contributed by atoms with Gasteiger partial charge in [0.25, 0.3) is 0 Å². The van der Waals surface area contributed by atoms with E-state index in [9.17, 15) is 0 Å². The zero-order chi connectivity index (χ0) is 13.3. The van der Waals surface area contributed by atoms with Gasteiger partial charge in [-0.2, -0.15) is 0 Å². The molecule has 0 aliphatic carbocycles. The molecule has 108 valence electrons. The Morgan fingerprint density at radius 1 is 0.444 bits per heavy atom. The summed E-state index contributed by atoms with van der Waals surface area (Å²) >= 11 is 0. The molecular formula is C18H36. The molecule has 0 rings (SSSR count). The van der Waals surface area contributed by atoms with Crippen LogP contribution in [0.2, 0.25) is 0 Å². The van der Waals surface area contributed by atoms with E-state index in [1.807, 2.05) is 0 Å². The number of hydrogen-bond donors (Lipinski definition) is 0. The summed E-state index contributed by atoms with van der Waals surface area (Å²) in [6.45, 7) is 4.56. The van der Waals surface area contributed by atoms with E-state index >= 15 is 0 Å². The van der Waals surface area contributed by atoms with Crippen molar-refractivity contribution < 1.29 is 0 Å². The minimum Gasteiger partial charge on any atom is -0.0885 e. The topological polar surface area (TPSA) is 0 Å². The van der Waals surface area contributed by atoms with Gasteiger partial charge in [-0.05, 0) is 25.7 Å². The minimum atomic E-state index is 1.30. The summed E-state index contributed by atoms with van der Waals surface area (Å²) in [4.78, 5) is 0. The van der Waals surface area contributed by atoms with Crippen LogP contribution in [0, 0.1) is 0 Å². The highest BCUT2D eigenvalue weighted by Gasteiger charge is 1.90. The van der Waals surface area contributed by atoms with E-state index in [0.29, 0.717) is 0 Å². The normalized spacial score (nSPS) is 11.4. The zero-order valence-corrected chi connectivity index (χ0v) is 13.1. The van der Waals surface area contributed by atoms with Crippen LogP contribution in [-0.4, -0.2) is 0 Å². The predicted molar refractivity (Wildman–Crippen MR) is 85.1 cm³/mol. The quantitative estimate of drug-likeness (QED) is 0.230. The molecular weight excluding hydrogens is 216 g/mol. The van der Waals surface area contributed by atoms with Crippen molar-refractivity contribution in [1.29, 1.82) is 0 Å². The summed E-state index contributed by atoms with van der Waals surface area (Å²) < 4.78 is 0. The molecule has 0 saturated heterocycles. The number of rotatable bonds is 14. The Morgan fingerprint density at radius 2 is 0.778 bits per heavy atom. The fourth-order valence-corrected chi connectivity index (χ4v) is 2.32. The highest BCUT2D eigenvalue weighted by molar-refractivity contribution is 4.81. The molecule has 0 nitrogen and oxygen atoms in total. The molecule has 0 unspecified atom stereocenters. The van der Waals surface area contributed by atoms with Gasteiger partial charge in [0.05, 0.1) is 0 Å². The summed E-state index contributed by atoms with van der Waals surface area (Å²) in [5.41, 5.74) is 0. The van der Waals surface area contributed by atoms with Crippen molar-refractivity contribution in [1.82, 2.24) is 0 Å². The van der Waals surface area contributed by atoms with E-state index in [1.54, 1.807) is 0 Å². The first-order valence-electron chi connectivity index (χ1n) is 8.56. The van der Waals surface area contributed by atoms with Gasteiger partial charge in [-0.15, -0.1) is 0 Å². The van der Waals surface area contributed by atoms with Crippen LogP contribution in [0.25, 0.3) is 0 Å². The molecule has 0 saturated carbocycles. The second-order valence-corrected chi connectivity index (χ2v) is 5.58. The number of allylic oxidation sites excluding steroid dienone is 2. The maximum Gasteiger partial charge on any atom is -0.0351 e. The second kappa shape index (κ2) is 16.7. The lowest BCUT2D eigenvalue weighted by Gasteiger charge is -1.99. The SMILES string of the molecule is CCCCCC/C=C/CCCCCCCCCC. The lowest BCUT2D eigenvalue weighted by Crippen LogP contribution is -1.80. The van der Waals surface area contributed by atoms with Crippen molar-refractivity contribution in [3.63, 3.8) is 0 Å². The van der Waals surface area contributed by atoms with Gasteiger partial charge in [-0.25, -0.2) is 0 Å². The average molecular weight is 252 g/mol.